The van der Waals surface area contributed by atoms with Gasteiger partial charge in [-0.05, 0) is 26.4 Å². The normalized spacial score (nSPS) is 18.1. The SMILES string of the molecule is CCc1nc(N2CCCN(C)CC2)sc1C=O. The van der Waals surface area contributed by atoms with Crippen LogP contribution in [0.1, 0.15) is 28.7 Å². The van der Waals surface area contributed by atoms with Crippen molar-refractivity contribution in [2.75, 3.05) is 38.1 Å². The molecule has 1 aliphatic rings. The molecule has 1 fully saturated rings. The maximum absolute atomic E-state index is 10.9. The molecule has 1 aromatic rings. The van der Waals surface area contributed by atoms with E-state index < -0.39 is 0 Å². The Balaban J connectivity index is 2.15. The predicted octanol–water partition coefficient (Wildman–Crippen LogP) is 1.66. The van der Waals surface area contributed by atoms with Crippen molar-refractivity contribution in [1.29, 1.82) is 0 Å². The molecule has 2 rings (SSSR count). The number of nitrogens with zero attached hydrogens (tertiary/aromatic N) is 3. The molecule has 1 aromatic heterocycles. The summed E-state index contributed by atoms with van der Waals surface area (Å²) in [5.74, 6) is 0. The monoisotopic (exact) mass is 253 g/mol. The van der Waals surface area contributed by atoms with E-state index in [0.29, 0.717) is 0 Å². The molecule has 0 atom stereocenters. The summed E-state index contributed by atoms with van der Waals surface area (Å²) in [7, 11) is 2.15. The highest BCUT2D eigenvalue weighted by atomic mass is 32.1. The standard InChI is InChI=1S/C12H19N3OS/c1-3-10-11(9-16)17-12(13-10)15-6-4-5-14(2)7-8-15/h9H,3-8H2,1-2H3. The van der Waals surface area contributed by atoms with Crippen molar-refractivity contribution >= 4 is 22.8 Å². The first-order valence-electron chi connectivity index (χ1n) is 6.13. The number of hydrogen-bond acceptors (Lipinski definition) is 5. The minimum Gasteiger partial charge on any atom is -0.347 e. The molecule has 0 aliphatic carbocycles. The van der Waals surface area contributed by atoms with E-state index in [1.54, 1.807) is 0 Å². The Kier molecular flexibility index (Phi) is 4.12. The molecule has 0 amide bonds. The molecule has 94 valence electrons. The lowest BCUT2D eigenvalue weighted by molar-refractivity contribution is 0.112. The van der Waals surface area contributed by atoms with Gasteiger partial charge in [0.15, 0.2) is 11.4 Å². The van der Waals surface area contributed by atoms with Gasteiger partial charge in [0.05, 0.1) is 10.6 Å². The Bertz CT molecular complexity index is 391. The van der Waals surface area contributed by atoms with Gasteiger partial charge in [-0.15, -0.1) is 0 Å². The second-order valence-electron chi connectivity index (χ2n) is 4.42. The first-order valence-corrected chi connectivity index (χ1v) is 6.94. The number of rotatable bonds is 3. The van der Waals surface area contributed by atoms with Crippen molar-refractivity contribution in [3.05, 3.63) is 10.6 Å². The van der Waals surface area contributed by atoms with E-state index >= 15 is 0 Å². The molecule has 5 heteroatoms. The van der Waals surface area contributed by atoms with Crippen LogP contribution in [0.15, 0.2) is 0 Å². The fourth-order valence-electron chi connectivity index (χ4n) is 2.07. The molecule has 1 saturated heterocycles. The second kappa shape index (κ2) is 5.60. The van der Waals surface area contributed by atoms with Crippen molar-refractivity contribution < 1.29 is 4.79 Å². The van der Waals surface area contributed by atoms with Crippen molar-refractivity contribution in [2.45, 2.75) is 19.8 Å². The summed E-state index contributed by atoms with van der Waals surface area (Å²) in [6.07, 6.45) is 2.93. The Morgan fingerprint density at radius 1 is 1.35 bits per heavy atom. The van der Waals surface area contributed by atoms with Crippen molar-refractivity contribution in [3.8, 4) is 0 Å². The van der Waals surface area contributed by atoms with Crippen LogP contribution >= 0.6 is 11.3 Å². The van der Waals surface area contributed by atoms with Crippen LogP contribution in [0.25, 0.3) is 0 Å². The Morgan fingerprint density at radius 2 is 2.18 bits per heavy atom. The van der Waals surface area contributed by atoms with Crippen LogP contribution < -0.4 is 4.90 Å². The van der Waals surface area contributed by atoms with Crippen LogP contribution in [-0.2, 0) is 6.42 Å². The zero-order valence-corrected chi connectivity index (χ0v) is 11.3. The summed E-state index contributed by atoms with van der Waals surface area (Å²) in [5, 5.41) is 1.01. The van der Waals surface area contributed by atoms with Crippen molar-refractivity contribution in [3.63, 3.8) is 0 Å². The fraction of sp³-hybridized carbons (Fsp3) is 0.667. The van der Waals surface area contributed by atoms with Crippen LogP contribution in [0, 0.1) is 0 Å². The molecule has 17 heavy (non-hydrogen) atoms. The number of aryl methyl sites for hydroxylation is 1. The molecular formula is C12H19N3OS. The molecule has 0 N–H and O–H groups in total. The van der Waals surface area contributed by atoms with Gasteiger partial charge in [-0.3, -0.25) is 4.79 Å². The number of hydrogen-bond donors (Lipinski definition) is 0. The minimum atomic E-state index is 0.792. The Morgan fingerprint density at radius 3 is 2.82 bits per heavy atom. The van der Waals surface area contributed by atoms with Gasteiger partial charge in [0.1, 0.15) is 0 Å². The van der Waals surface area contributed by atoms with Crippen molar-refractivity contribution in [1.82, 2.24) is 9.88 Å². The lowest BCUT2D eigenvalue weighted by Gasteiger charge is -2.19. The van der Waals surface area contributed by atoms with E-state index in [1.807, 2.05) is 6.92 Å². The van der Waals surface area contributed by atoms with Gasteiger partial charge in [0, 0.05) is 19.6 Å². The molecule has 0 unspecified atom stereocenters. The van der Waals surface area contributed by atoms with Crippen LogP contribution in [0.2, 0.25) is 0 Å². The molecule has 0 bridgehead atoms. The smallest absolute Gasteiger partial charge is 0.186 e. The van der Waals surface area contributed by atoms with E-state index in [2.05, 4.69) is 21.8 Å². The number of carbonyl (C=O) groups excluding carboxylic acids is 1. The number of thiazole rings is 1. The average molecular weight is 253 g/mol. The van der Waals surface area contributed by atoms with Gasteiger partial charge >= 0.3 is 0 Å². The van der Waals surface area contributed by atoms with Gasteiger partial charge in [-0.2, -0.15) is 0 Å². The fourth-order valence-corrected chi connectivity index (χ4v) is 3.09. The third-order valence-corrected chi connectivity index (χ3v) is 4.23. The lowest BCUT2D eigenvalue weighted by atomic mass is 10.3. The summed E-state index contributed by atoms with van der Waals surface area (Å²) in [5.41, 5.74) is 0.942. The highest BCUT2D eigenvalue weighted by Crippen LogP contribution is 2.26. The highest BCUT2D eigenvalue weighted by molar-refractivity contribution is 7.17. The summed E-state index contributed by atoms with van der Waals surface area (Å²) in [6, 6.07) is 0. The molecule has 0 aromatic carbocycles. The summed E-state index contributed by atoms with van der Waals surface area (Å²) >= 11 is 1.53. The third kappa shape index (κ3) is 2.84. The quantitative estimate of drug-likeness (QED) is 0.768. The minimum absolute atomic E-state index is 0.792. The van der Waals surface area contributed by atoms with E-state index in [0.717, 1.165) is 61.0 Å². The van der Waals surface area contributed by atoms with E-state index in [1.165, 1.54) is 11.3 Å². The molecule has 1 aliphatic heterocycles. The molecule has 2 heterocycles. The lowest BCUT2D eigenvalue weighted by Crippen LogP contribution is -2.28. The predicted molar refractivity (Wildman–Crippen MR) is 71.2 cm³/mol. The van der Waals surface area contributed by atoms with Crippen LogP contribution in [0.5, 0.6) is 0 Å². The Labute approximate surface area is 106 Å². The molecule has 0 spiro atoms. The molecule has 0 saturated carbocycles. The van der Waals surface area contributed by atoms with Gasteiger partial charge in [-0.25, -0.2) is 4.98 Å². The van der Waals surface area contributed by atoms with E-state index in [4.69, 9.17) is 0 Å². The number of aromatic nitrogens is 1. The van der Waals surface area contributed by atoms with Gasteiger partial charge in [0.2, 0.25) is 0 Å². The third-order valence-electron chi connectivity index (χ3n) is 3.15. The average Bonchev–Trinajstić information content (AvgIpc) is 2.64. The van der Waals surface area contributed by atoms with Crippen LogP contribution in [-0.4, -0.2) is 49.4 Å². The molecule has 4 nitrogen and oxygen atoms in total. The topological polar surface area (TPSA) is 36.4 Å². The van der Waals surface area contributed by atoms with Crippen LogP contribution in [0.4, 0.5) is 5.13 Å². The van der Waals surface area contributed by atoms with E-state index in [9.17, 15) is 4.79 Å². The maximum Gasteiger partial charge on any atom is 0.186 e. The summed E-state index contributed by atoms with van der Waals surface area (Å²) in [4.78, 5) is 21.0. The zero-order valence-electron chi connectivity index (χ0n) is 10.5. The van der Waals surface area contributed by atoms with Gasteiger partial charge in [0.25, 0.3) is 0 Å². The zero-order chi connectivity index (χ0) is 12.3. The van der Waals surface area contributed by atoms with Gasteiger partial charge in [-0.1, -0.05) is 18.3 Å². The Hall–Kier alpha value is -0.940. The largest absolute Gasteiger partial charge is 0.347 e. The number of aldehydes is 1. The van der Waals surface area contributed by atoms with Gasteiger partial charge < -0.3 is 9.80 Å². The number of likely N-dealkylation sites (N-methyl/N-ethyl adjacent to an activating group) is 1. The first kappa shape index (κ1) is 12.5. The highest BCUT2D eigenvalue weighted by Gasteiger charge is 2.17. The van der Waals surface area contributed by atoms with Crippen molar-refractivity contribution in [2.24, 2.45) is 0 Å². The summed E-state index contributed by atoms with van der Waals surface area (Å²) in [6.45, 7) is 6.30. The second-order valence-corrected chi connectivity index (χ2v) is 5.43. The molecular weight excluding hydrogens is 234 g/mol. The van der Waals surface area contributed by atoms with E-state index in [-0.39, 0.29) is 0 Å². The van der Waals surface area contributed by atoms with Crippen LogP contribution in [0.3, 0.4) is 0 Å². The first-order chi connectivity index (χ1) is 8.24. The maximum atomic E-state index is 10.9. The summed E-state index contributed by atoms with van der Waals surface area (Å²) < 4.78 is 0. The molecule has 0 radical (unpaired) electrons. The number of anilines is 1. The number of carbonyl (C=O) groups is 1.